The first kappa shape index (κ1) is 12.2. The predicted molar refractivity (Wildman–Crippen MR) is 56.4 cm³/mol. The molecule has 3 nitrogen and oxygen atoms in total. The topological polar surface area (TPSA) is 40.5 Å². The van der Waals surface area contributed by atoms with Gasteiger partial charge in [-0.25, -0.2) is 13.6 Å². The van der Waals surface area contributed by atoms with Gasteiger partial charge in [-0.15, -0.1) is 0 Å². The van der Waals surface area contributed by atoms with Gasteiger partial charge in [-0.1, -0.05) is 6.08 Å². The van der Waals surface area contributed by atoms with Gasteiger partial charge in [0.1, 0.15) is 0 Å². The molecule has 0 heterocycles. The lowest BCUT2D eigenvalue weighted by Crippen LogP contribution is -2.17. The molecule has 16 heavy (non-hydrogen) atoms. The number of halogens is 2. The molecule has 0 radical (unpaired) electrons. The van der Waals surface area contributed by atoms with Gasteiger partial charge in [-0.05, 0) is 12.1 Å². The third kappa shape index (κ3) is 3.34. The molecular weight excluding hydrogens is 216 g/mol. The third-order valence-electron chi connectivity index (χ3n) is 1.98. The molecule has 1 rings (SSSR count). The standard InChI is InChI=1S/C11H11F2NO2/c1-14(6-2-3-11(15)16)8-4-5-9(12)10(13)7-8/h2-5,7H,6H2,1H3,(H,15,16)/b3-2+. The summed E-state index contributed by atoms with van der Waals surface area (Å²) >= 11 is 0. The van der Waals surface area contributed by atoms with Crippen molar-refractivity contribution in [3.8, 4) is 0 Å². The van der Waals surface area contributed by atoms with Crippen LogP contribution in [0.4, 0.5) is 14.5 Å². The van der Waals surface area contributed by atoms with Gasteiger partial charge in [0.15, 0.2) is 11.6 Å². The second-order valence-corrected chi connectivity index (χ2v) is 3.22. The minimum Gasteiger partial charge on any atom is -0.478 e. The summed E-state index contributed by atoms with van der Waals surface area (Å²) in [6.07, 6.45) is 2.42. The normalized spacial score (nSPS) is 10.7. The van der Waals surface area contributed by atoms with Gasteiger partial charge in [0.2, 0.25) is 0 Å². The fraction of sp³-hybridized carbons (Fsp3) is 0.182. The van der Waals surface area contributed by atoms with E-state index in [4.69, 9.17) is 5.11 Å². The number of likely N-dealkylation sites (N-methyl/N-ethyl adjacent to an activating group) is 1. The highest BCUT2D eigenvalue weighted by atomic mass is 19.2. The Hall–Kier alpha value is -1.91. The Bertz CT molecular complexity index is 418. The lowest BCUT2D eigenvalue weighted by atomic mass is 10.2. The maximum Gasteiger partial charge on any atom is 0.328 e. The predicted octanol–water partition coefficient (Wildman–Crippen LogP) is 2.04. The van der Waals surface area contributed by atoms with Crippen molar-refractivity contribution in [2.24, 2.45) is 0 Å². The summed E-state index contributed by atoms with van der Waals surface area (Å²) in [5, 5.41) is 8.36. The molecule has 1 aromatic rings. The van der Waals surface area contributed by atoms with Crippen LogP contribution >= 0.6 is 0 Å². The molecule has 0 aliphatic heterocycles. The number of carboxylic acid groups (broad SMARTS) is 1. The zero-order valence-corrected chi connectivity index (χ0v) is 8.65. The van der Waals surface area contributed by atoms with Crippen LogP contribution in [-0.4, -0.2) is 24.7 Å². The van der Waals surface area contributed by atoms with Crippen LogP contribution in [0.2, 0.25) is 0 Å². The van der Waals surface area contributed by atoms with Gasteiger partial charge in [0, 0.05) is 31.4 Å². The van der Waals surface area contributed by atoms with Gasteiger partial charge in [-0.2, -0.15) is 0 Å². The lowest BCUT2D eigenvalue weighted by molar-refractivity contribution is -0.131. The summed E-state index contributed by atoms with van der Waals surface area (Å²) in [6.45, 7) is 0.303. The first-order valence-electron chi connectivity index (χ1n) is 4.56. The lowest BCUT2D eigenvalue weighted by Gasteiger charge is -2.16. The molecule has 1 N–H and O–H groups in total. The van der Waals surface area contributed by atoms with E-state index in [1.54, 1.807) is 11.9 Å². The minimum absolute atomic E-state index is 0.303. The van der Waals surface area contributed by atoms with E-state index in [2.05, 4.69) is 0 Å². The average molecular weight is 227 g/mol. The Morgan fingerprint density at radius 2 is 2.12 bits per heavy atom. The van der Waals surface area contributed by atoms with Gasteiger partial charge in [0.25, 0.3) is 0 Å². The zero-order valence-electron chi connectivity index (χ0n) is 8.65. The SMILES string of the molecule is CN(C/C=C/C(=O)O)c1ccc(F)c(F)c1. The van der Waals surface area contributed by atoms with Crippen molar-refractivity contribution in [2.75, 3.05) is 18.5 Å². The molecule has 0 aromatic heterocycles. The van der Waals surface area contributed by atoms with Crippen molar-refractivity contribution in [3.05, 3.63) is 42.0 Å². The van der Waals surface area contributed by atoms with Crippen LogP contribution in [0.1, 0.15) is 0 Å². The van der Waals surface area contributed by atoms with Gasteiger partial charge >= 0.3 is 5.97 Å². The number of aliphatic carboxylic acids is 1. The molecule has 0 fully saturated rings. The molecule has 0 aliphatic carbocycles. The van der Waals surface area contributed by atoms with E-state index < -0.39 is 17.6 Å². The molecule has 5 heteroatoms. The number of hydrogen-bond donors (Lipinski definition) is 1. The molecule has 0 bridgehead atoms. The first-order valence-corrected chi connectivity index (χ1v) is 4.56. The molecule has 0 amide bonds. The second-order valence-electron chi connectivity index (χ2n) is 3.22. The Kier molecular flexibility index (Phi) is 3.99. The number of anilines is 1. The number of hydrogen-bond acceptors (Lipinski definition) is 2. The molecule has 0 unspecified atom stereocenters. The number of carbonyl (C=O) groups is 1. The van der Waals surface area contributed by atoms with Crippen LogP contribution in [0.25, 0.3) is 0 Å². The fourth-order valence-electron chi connectivity index (χ4n) is 1.14. The van der Waals surface area contributed by atoms with E-state index in [9.17, 15) is 13.6 Å². The third-order valence-corrected chi connectivity index (χ3v) is 1.98. The molecule has 1 aromatic carbocycles. The smallest absolute Gasteiger partial charge is 0.328 e. The summed E-state index contributed by atoms with van der Waals surface area (Å²) < 4.78 is 25.5. The molecule has 0 atom stereocenters. The Morgan fingerprint density at radius 1 is 1.44 bits per heavy atom. The van der Waals surface area contributed by atoms with Crippen molar-refractivity contribution >= 4 is 11.7 Å². The van der Waals surface area contributed by atoms with E-state index in [0.29, 0.717) is 12.2 Å². The quantitative estimate of drug-likeness (QED) is 0.800. The Balaban J connectivity index is 2.69. The largest absolute Gasteiger partial charge is 0.478 e. The summed E-state index contributed by atoms with van der Waals surface area (Å²) in [7, 11) is 1.65. The number of carboxylic acids is 1. The van der Waals surface area contributed by atoms with E-state index in [-0.39, 0.29) is 0 Å². The highest BCUT2D eigenvalue weighted by Crippen LogP contribution is 2.16. The van der Waals surface area contributed by atoms with Gasteiger partial charge in [-0.3, -0.25) is 0 Å². The highest BCUT2D eigenvalue weighted by molar-refractivity contribution is 5.79. The monoisotopic (exact) mass is 227 g/mol. The zero-order chi connectivity index (χ0) is 12.1. The molecular formula is C11H11F2NO2. The van der Waals surface area contributed by atoms with Crippen molar-refractivity contribution in [3.63, 3.8) is 0 Å². The van der Waals surface area contributed by atoms with E-state index in [1.807, 2.05) is 0 Å². The van der Waals surface area contributed by atoms with E-state index in [1.165, 1.54) is 12.1 Å². The van der Waals surface area contributed by atoms with Crippen molar-refractivity contribution in [2.45, 2.75) is 0 Å². The van der Waals surface area contributed by atoms with Crippen LogP contribution in [0.5, 0.6) is 0 Å². The highest BCUT2D eigenvalue weighted by Gasteiger charge is 2.04. The maximum absolute atomic E-state index is 12.9. The van der Waals surface area contributed by atoms with Crippen LogP contribution in [0.3, 0.4) is 0 Å². The fourth-order valence-corrected chi connectivity index (χ4v) is 1.14. The number of rotatable bonds is 4. The Labute approximate surface area is 91.6 Å². The molecule has 86 valence electrons. The van der Waals surface area contributed by atoms with Gasteiger partial charge in [0.05, 0.1) is 0 Å². The van der Waals surface area contributed by atoms with Crippen LogP contribution in [-0.2, 0) is 4.79 Å². The molecule has 0 saturated carbocycles. The second kappa shape index (κ2) is 5.25. The summed E-state index contributed by atoms with van der Waals surface area (Å²) in [4.78, 5) is 11.8. The van der Waals surface area contributed by atoms with Crippen molar-refractivity contribution in [1.82, 2.24) is 0 Å². The van der Waals surface area contributed by atoms with Gasteiger partial charge < -0.3 is 10.0 Å². The van der Waals surface area contributed by atoms with E-state index in [0.717, 1.165) is 18.2 Å². The Morgan fingerprint density at radius 3 is 2.69 bits per heavy atom. The summed E-state index contributed by atoms with van der Waals surface area (Å²) in [5.74, 6) is -2.87. The van der Waals surface area contributed by atoms with E-state index >= 15 is 0 Å². The van der Waals surface area contributed by atoms with Crippen molar-refractivity contribution < 1.29 is 18.7 Å². The molecule has 0 aliphatic rings. The number of benzene rings is 1. The van der Waals surface area contributed by atoms with Crippen LogP contribution < -0.4 is 4.90 Å². The molecule has 0 saturated heterocycles. The average Bonchev–Trinajstić information content (AvgIpc) is 2.21. The van der Waals surface area contributed by atoms with Crippen LogP contribution in [0.15, 0.2) is 30.4 Å². The maximum atomic E-state index is 12.9. The molecule has 0 spiro atoms. The first-order chi connectivity index (χ1) is 7.50. The number of nitrogens with zero attached hydrogens (tertiary/aromatic N) is 1. The van der Waals surface area contributed by atoms with Crippen molar-refractivity contribution in [1.29, 1.82) is 0 Å². The van der Waals surface area contributed by atoms with Crippen LogP contribution in [0, 0.1) is 11.6 Å². The minimum atomic E-state index is -1.04. The summed E-state index contributed by atoms with van der Waals surface area (Å²) in [6, 6.07) is 3.51. The summed E-state index contributed by atoms with van der Waals surface area (Å²) in [5.41, 5.74) is 0.480.